The summed E-state index contributed by atoms with van der Waals surface area (Å²) in [7, 11) is 2.00. The van der Waals surface area contributed by atoms with Crippen LogP contribution in [0.3, 0.4) is 0 Å². The van der Waals surface area contributed by atoms with Gasteiger partial charge in [0, 0.05) is 19.3 Å². The maximum absolute atomic E-state index is 4.11. The van der Waals surface area contributed by atoms with Crippen LogP contribution in [-0.2, 0) is 0 Å². The van der Waals surface area contributed by atoms with Gasteiger partial charge in [-0.25, -0.2) is 0 Å². The van der Waals surface area contributed by atoms with E-state index in [9.17, 15) is 0 Å². The first-order valence-electron chi connectivity index (χ1n) is 5.07. The fraction of sp³-hybridized carbons (Fsp3) is 0.600. The first kappa shape index (κ1) is 9.40. The van der Waals surface area contributed by atoms with Crippen molar-refractivity contribution in [1.29, 1.82) is 0 Å². The molecule has 1 aliphatic rings. The Hall–Kier alpha value is -1.16. The second kappa shape index (κ2) is 4.37. The Bertz CT molecular complexity index is 275. The van der Waals surface area contributed by atoms with Crippen molar-refractivity contribution in [3.63, 3.8) is 0 Å². The molecule has 14 heavy (non-hydrogen) atoms. The second-order valence-corrected chi connectivity index (χ2v) is 3.74. The van der Waals surface area contributed by atoms with Gasteiger partial charge in [0.1, 0.15) is 0 Å². The van der Waals surface area contributed by atoms with Gasteiger partial charge in [-0.05, 0) is 38.1 Å². The molecule has 1 aliphatic heterocycles. The molecule has 0 aromatic carbocycles. The van der Waals surface area contributed by atoms with Crippen molar-refractivity contribution in [2.45, 2.75) is 6.42 Å². The van der Waals surface area contributed by atoms with E-state index in [2.05, 4.69) is 20.4 Å². The van der Waals surface area contributed by atoms with Crippen molar-refractivity contribution in [2.75, 3.05) is 31.6 Å². The Labute approximate surface area is 84.3 Å². The van der Waals surface area contributed by atoms with Crippen LogP contribution in [0.2, 0.25) is 0 Å². The van der Waals surface area contributed by atoms with Gasteiger partial charge in [0.25, 0.3) is 0 Å². The van der Waals surface area contributed by atoms with Crippen LogP contribution in [0.1, 0.15) is 6.42 Å². The zero-order chi connectivity index (χ0) is 9.80. The van der Waals surface area contributed by atoms with Crippen molar-refractivity contribution >= 4 is 5.82 Å². The van der Waals surface area contributed by atoms with E-state index >= 15 is 0 Å². The van der Waals surface area contributed by atoms with Crippen LogP contribution >= 0.6 is 0 Å². The monoisotopic (exact) mass is 192 g/mol. The molecule has 0 radical (unpaired) electrons. The molecule has 0 saturated carbocycles. The first-order valence-corrected chi connectivity index (χ1v) is 5.07. The lowest BCUT2D eigenvalue weighted by Gasteiger charge is -2.16. The summed E-state index contributed by atoms with van der Waals surface area (Å²) in [5, 5.41) is 11.2. The van der Waals surface area contributed by atoms with Crippen molar-refractivity contribution in [3.8, 4) is 0 Å². The van der Waals surface area contributed by atoms with Crippen LogP contribution in [0.5, 0.6) is 0 Å². The molecule has 1 fully saturated rings. The third kappa shape index (κ3) is 2.01. The third-order valence-electron chi connectivity index (χ3n) is 2.66. The highest BCUT2D eigenvalue weighted by Gasteiger charge is 2.22. The van der Waals surface area contributed by atoms with E-state index in [1.54, 1.807) is 6.20 Å². The fourth-order valence-corrected chi connectivity index (χ4v) is 1.96. The van der Waals surface area contributed by atoms with Gasteiger partial charge in [0.2, 0.25) is 0 Å². The molecule has 76 valence electrons. The molecule has 2 rings (SSSR count). The molecule has 0 amide bonds. The largest absolute Gasteiger partial charge is 0.355 e. The van der Waals surface area contributed by atoms with E-state index in [0.29, 0.717) is 0 Å². The maximum Gasteiger partial charge on any atom is 0.151 e. The molecule has 0 bridgehead atoms. The average molecular weight is 192 g/mol. The fourth-order valence-electron chi connectivity index (χ4n) is 1.96. The SMILES string of the molecule is CNCC1CCN(c2cccnn2)C1. The molecule has 0 spiro atoms. The van der Waals surface area contributed by atoms with Crippen molar-refractivity contribution in [3.05, 3.63) is 18.3 Å². The highest BCUT2D eigenvalue weighted by Crippen LogP contribution is 2.20. The van der Waals surface area contributed by atoms with Gasteiger partial charge in [0.05, 0.1) is 0 Å². The highest BCUT2D eigenvalue weighted by molar-refractivity contribution is 5.37. The molecule has 2 heterocycles. The second-order valence-electron chi connectivity index (χ2n) is 3.74. The summed E-state index contributed by atoms with van der Waals surface area (Å²) in [4.78, 5) is 2.30. The molecule has 4 heteroatoms. The van der Waals surface area contributed by atoms with Gasteiger partial charge in [-0.2, -0.15) is 5.10 Å². The molecule has 1 aromatic heterocycles. The normalized spacial score (nSPS) is 21.5. The summed E-state index contributed by atoms with van der Waals surface area (Å²) in [6.07, 6.45) is 2.96. The van der Waals surface area contributed by atoms with Crippen LogP contribution in [0.15, 0.2) is 18.3 Å². The molecular formula is C10H16N4. The quantitative estimate of drug-likeness (QED) is 0.758. The minimum atomic E-state index is 0.752. The Morgan fingerprint density at radius 2 is 2.57 bits per heavy atom. The Morgan fingerprint density at radius 3 is 3.29 bits per heavy atom. The summed E-state index contributed by atoms with van der Waals surface area (Å²) in [6.45, 7) is 3.29. The molecule has 0 aliphatic carbocycles. The van der Waals surface area contributed by atoms with Crippen molar-refractivity contribution < 1.29 is 0 Å². The van der Waals surface area contributed by atoms with Crippen LogP contribution in [0.25, 0.3) is 0 Å². The lowest BCUT2D eigenvalue weighted by Crippen LogP contribution is -2.24. The summed E-state index contributed by atoms with van der Waals surface area (Å²) in [5.41, 5.74) is 0. The number of nitrogens with one attached hydrogen (secondary N) is 1. The Kier molecular flexibility index (Phi) is 2.93. The lowest BCUT2D eigenvalue weighted by atomic mass is 10.1. The molecule has 1 N–H and O–H groups in total. The van der Waals surface area contributed by atoms with Crippen LogP contribution in [0, 0.1) is 5.92 Å². The predicted molar refractivity (Wildman–Crippen MR) is 56.3 cm³/mol. The van der Waals surface area contributed by atoms with Crippen LogP contribution in [0.4, 0.5) is 5.82 Å². The van der Waals surface area contributed by atoms with E-state index in [1.165, 1.54) is 6.42 Å². The van der Waals surface area contributed by atoms with E-state index in [-0.39, 0.29) is 0 Å². The lowest BCUT2D eigenvalue weighted by molar-refractivity contribution is 0.548. The number of aromatic nitrogens is 2. The van der Waals surface area contributed by atoms with Gasteiger partial charge in [-0.3, -0.25) is 0 Å². The van der Waals surface area contributed by atoms with Crippen LogP contribution in [-0.4, -0.2) is 36.9 Å². The summed E-state index contributed by atoms with van der Waals surface area (Å²) in [5.74, 6) is 1.76. The van der Waals surface area contributed by atoms with Crippen molar-refractivity contribution in [2.24, 2.45) is 5.92 Å². The van der Waals surface area contributed by atoms with Crippen molar-refractivity contribution in [1.82, 2.24) is 15.5 Å². The molecule has 1 unspecified atom stereocenters. The molecule has 1 atom stereocenters. The smallest absolute Gasteiger partial charge is 0.151 e. The molecule has 1 aromatic rings. The van der Waals surface area contributed by atoms with Gasteiger partial charge in [0.15, 0.2) is 5.82 Å². The zero-order valence-electron chi connectivity index (χ0n) is 8.48. The van der Waals surface area contributed by atoms with E-state index in [0.717, 1.165) is 31.4 Å². The van der Waals surface area contributed by atoms with Crippen LogP contribution < -0.4 is 10.2 Å². The minimum absolute atomic E-state index is 0.752. The summed E-state index contributed by atoms with van der Waals surface area (Å²) < 4.78 is 0. The maximum atomic E-state index is 4.11. The number of nitrogens with zero attached hydrogens (tertiary/aromatic N) is 3. The predicted octanol–water partition coefficient (Wildman–Crippen LogP) is 0.522. The van der Waals surface area contributed by atoms with Gasteiger partial charge in [-0.1, -0.05) is 0 Å². The number of rotatable bonds is 3. The van der Waals surface area contributed by atoms with Gasteiger partial charge >= 0.3 is 0 Å². The average Bonchev–Trinajstić information content (AvgIpc) is 2.68. The van der Waals surface area contributed by atoms with E-state index < -0.39 is 0 Å². The summed E-state index contributed by atoms with van der Waals surface area (Å²) >= 11 is 0. The zero-order valence-corrected chi connectivity index (χ0v) is 8.48. The van der Waals surface area contributed by atoms with E-state index in [1.807, 2.05) is 19.2 Å². The molecular weight excluding hydrogens is 176 g/mol. The summed E-state index contributed by atoms with van der Waals surface area (Å²) in [6, 6.07) is 3.96. The van der Waals surface area contributed by atoms with Gasteiger partial charge in [-0.15, -0.1) is 5.10 Å². The number of hydrogen-bond acceptors (Lipinski definition) is 4. The molecule has 4 nitrogen and oxygen atoms in total. The highest BCUT2D eigenvalue weighted by atomic mass is 15.3. The Morgan fingerprint density at radius 1 is 1.64 bits per heavy atom. The third-order valence-corrected chi connectivity index (χ3v) is 2.66. The topological polar surface area (TPSA) is 41.0 Å². The van der Waals surface area contributed by atoms with E-state index in [4.69, 9.17) is 0 Å². The number of hydrogen-bond donors (Lipinski definition) is 1. The van der Waals surface area contributed by atoms with Gasteiger partial charge < -0.3 is 10.2 Å². The minimum Gasteiger partial charge on any atom is -0.355 e. The Balaban J connectivity index is 1.96. The number of anilines is 1. The standard InChI is InChI=1S/C10H16N4/c1-11-7-9-4-6-14(8-9)10-3-2-5-12-13-10/h2-3,5,9,11H,4,6-8H2,1H3. The first-order chi connectivity index (χ1) is 6.90. The molecule has 1 saturated heterocycles.